The van der Waals surface area contributed by atoms with E-state index >= 15 is 0 Å². The Morgan fingerprint density at radius 2 is 2.17 bits per heavy atom. The SMILES string of the molecule is CCOC(=O)c1nc(N2CCC(C)CC2)sc1C. The zero-order chi connectivity index (χ0) is 13.1. The summed E-state index contributed by atoms with van der Waals surface area (Å²) in [6.45, 7) is 8.50. The van der Waals surface area contributed by atoms with Crippen molar-refractivity contribution in [3.63, 3.8) is 0 Å². The van der Waals surface area contributed by atoms with E-state index in [1.807, 2.05) is 13.8 Å². The molecule has 1 aliphatic heterocycles. The second kappa shape index (κ2) is 5.69. The van der Waals surface area contributed by atoms with E-state index in [2.05, 4.69) is 16.8 Å². The first-order valence-corrected chi connectivity index (χ1v) is 7.33. The molecule has 1 aromatic rings. The lowest BCUT2D eigenvalue weighted by atomic mass is 10.00. The number of hydrogen-bond donors (Lipinski definition) is 0. The smallest absolute Gasteiger partial charge is 0.358 e. The topological polar surface area (TPSA) is 42.4 Å². The fraction of sp³-hybridized carbons (Fsp3) is 0.692. The number of hydrogen-bond acceptors (Lipinski definition) is 5. The summed E-state index contributed by atoms with van der Waals surface area (Å²) < 4.78 is 5.01. The van der Waals surface area contributed by atoms with Crippen LogP contribution in [0.25, 0.3) is 0 Å². The summed E-state index contributed by atoms with van der Waals surface area (Å²) in [4.78, 5) is 19.4. The van der Waals surface area contributed by atoms with Gasteiger partial charge in [-0.05, 0) is 32.6 Å². The van der Waals surface area contributed by atoms with Crippen molar-refractivity contribution >= 4 is 22.4 Å². The summed E-state index contributed by atoms with van der Waals surface area (Å²) in [6, 6.07) is 0. The summed E-state index contributed by atoms with van der Waals surface area (Å²) in [7, 11) is 0. The van der Waals surface area contributed by atoms with E-state index in [-0.39, 0.29) is 5.97 Å². The van der Waals surface area contributed by atoms with Crippen molar-refractivity contribution in [2.45, 2.75) is 33.6 Å². The molecule has 2 rings (SSSR count). The van der Waals surface area contributed by atoms with E-state index in [0.29, 0.717) is 12.3 Å². The van der Waals surface area contributed by atoms with Crippen LogP contribution in [0.1, 0.15) is 42.1 Å². The Morgan fingerprint density at radius 1 is 1.50 bits per heavy atom. The highest BCUT2D eigenvalue weighted by Crippen LogP contribution is 2.29. The van der Waals surface area contributed by atoms with Crippen LogP contribution in [0.5, 0.6) is 0 Å². The maximum absolute atomic E-state index is 11.7. The van der Waals surface area contributed by atoms with Gasteiger partial charge in [0, 0.05) is 18.0 Å². The van der Waals surface area contributed by atoms with Crippen LogP contribution < -0.4 is 4.90 Å². The Hall–Kier alpha value is -1.10. The van der Waals surface area contributed by atoms with Gasteiger partial charge in [0.05, 0.1) is 6.61 Å². The lowest BCUT2D eigenvalue weighted by Gasteiger charge is -2.29. The molecule has 0 aliphatic carbocycles. The molecular formula is C13H20N2O2S. The van der Waals surface area contributed by atoms with E-state index in [1.165, 1.54) is 12.8 Å². The van der Waals surface area contributed by atoms with E-state index in [0.717, 1.165) is 29.0 Å². The second-order valence-electron chi connectivity index (χ2n) is 4.79. The summed E-state index contributed by atoms with van der Waals surface area (Å²) in [5, 5.41) is 0.961. The van der Waals surface area contributed by atoms with Gasteiger partial charge in [-0.3, -0.25) is 0 Å². The lowest BCUT2D eigenvalue weighted by molar-refractivity contribution is 0.0519. The number of ether oxygens (including phenoxy) is 1. The Morgan fingerprint density at radius 3 is 2.78 bits per heavy atom. The predicted octanol–water partition coefficient (Wildman–Crippen LogP) is 2.86. The van der Waals surface area contributed by atoms with Gasteiger partial charge in [0.1, 0.15) is 0 Å². The molecule has 0 spiro atoms. The number of aromatic nitrogens is 1. The molecule has 4 nitrogen and oxygen atoms in total. The van der Waals surface area contributed by atoms with Gasteiger partial charge in [-0.2, -0.15) is 0 Å². The molecule has 1 aromatic heterocycles. The van der Waals surface area contributed by atoms with Crippen LogP contribution in [0.2, 0.25) is 0 Å². The van der Waals surface area contributed by atoms with Gasteiger partial charge in [0.2, 0.25) is 0 Å². The minimum absolute atomic E-state index is 0.303. The van der Waals surface area contributed by atoms with Gasteiger partial charge in [-0.15, -0.1) is 11.3 Å². The molecule has 1 saturated heterocycles. The van der Waals surface area contributed by atoms with Crippen LogP contribution in [-0.2, 0) is 4.74 Å². The summed E-state index contributed by atoms with van der Waals surface area (Å²) >= 11 is 1.59. The van der Waals surface area contributed by atoms with Crippen molar-refractivity contribution in [3.05, 3.63) is 10.6 Å². The molecule has 1 aliphatic rings. The van der Waals surface area contributed by atoms with Gasteiger partial charge in [-0.25, -0.2) is 9.78 Å². The molecule has 0 aromatic carbocycles. The Bertz CT molecular complexity index is 423. The Labute approximate surface area is 112 Å². The number of carbonyl (C=O) groups is 1. The first kappa shape index (κ1) is 13.3. The van der Waals surface area contributed by atoms with Gasteiger partial charge >= 0.3 is 5.97 Å². The molecule has 5 heteroatoms. The average Bonchev–Trinajstić information content (AvgIpc) is 2.72. The molecule has 0 saturated carbocycles. The largest absolute Gasteiger partial charge is 0.461 e. The van der Waals surface area contributed by atoms with E-state index < -0.39 is 0 Å². The highest BCUT2D eigenvalue weighted by atomic mass is 32.1. The number of esters is 1. The van der Waals surface area contributed by atoms with Gasteiger partial charge in [0.15, 0.2) is 10.8 Å². The van der Waals surface area contributed by atoms with Crippen LogP contribution >= 0.6 is 11.3 Å². The fourth-order valence-corrected chi connectivity index (χ4v) is 3.05. The van der Waals surface area contributed by atoms with Crippen LogP contribution in [0.4, 0.5) is 5.13 Å². The number of carbonyl (C=O) groups excluding carboxylic acids is 1. The number of piperidine rings is 1. The molecule has 0 unspecified atom stereocenters. The van der Waals surface area contributed by atoms with Gasteiger partial charge in [0.25, 0.3) is 0 Å². The summed E-state index contributed by atoms with van der Waals surface area (Å²) in [5.41, 5.74) is 0.482. The zero-order valence-corrected chi connectivity index (χ0v) is 12.0. The van der Waals surface area contributed by atoms with Crippen molar-refractivity contribution < 1.29 is 9.53 Å². The summed E-state index contributed by atoms with van der Waals surface area (Å²) in [6.07, 6.45) is 2.40. The van der Waals surface area contributed by atoms with E-state index in [9.17, 15) is 4.79 Å². The number of aryl methyl sites for hydroxylation is 1. The van der Waals surface area contributed by atoms with E-state index in [4.69, 9.17) is 4.74 Å². The van der Waals surface area contributed by atoms with Crippen molar-refractivity contribution in [2.24, 2.45) is 5.92 Å². The molecule has 18 heavy (non-hydrogen) atoms. The third kappa shape index (κ3) is 2.83. The van der Waals surface area contributed by atoms with Crippen LogP contribution in [0.3, 0.4) is 0 Å². The second-order valence-corrected chi connectivity index (χ2v) is 5.97. The van der Waals surface area contributed by atoms with Crippen molar-refractivity contribution in [3.8, 4) is 0 Å². The van der Waals surface area contributed by atoms with Crippen molar-refractivity contribution in [2.75, 3.05) is 24.6 Å². The minimum Gasteiger partial charge on any atom is -0.461 e. The fourth-order valence-electron chi connectivity index (χ4n) is 2.11. The molecule has 0 amide bonds. The average molecular weight is 268 g/mol. The molecule has 2 heterocycles. The molecule has 0 N–H and O–H groups in total. The Balaban J connectivity index is 2.11. The number of nitrogens with zero attached hydrogens (tertiary/aromatic N) is 2. The van der Waals surface area contributed by atoms with Crippen LogP contribution in [0, 0.1) is 12.8 Å². The molecule has 0 atom stereocenters. The number of thiazole rings is 1. The van der Waals surface area contributed by atoms with Gasteiger partial charge < -0.3 is 9.64 Å². The first-order chi connectivity index (χ1) is 8.61. The Kier molecular flexibility index (Phi) is 4.22. The van der Waals surface area contributed by atoms with Crippen LogP contribution in [0.15, 0.2) is 0 Å². The summed E-state index contributed by atoms with van der Waals surface area (Å²) in [5.74, 6) is 0.495. The molecule has 100 valence electrons. The normalized spacial score (nSPS) is 16.9. The third-order valence-corrected chi connectivity index (χ3v) is 4.34. The zero-order valence-electron chi connectivity index (χ0n) is 11.2. The van der Waals surface area contributed by atoms with Crippen molar-refractivity contribution in [1.29, 1.82) is 0 Å². The maximum atomic E-state index is 11.7. The number of rotatable bonds is 3. The van der Waals surface area contributed by atoms with Crippen LogP contribution in [-0.4, -0.2) is 30.6 Å². The monoisotopic (exact) mass is 268 g/mol. The van der Waals surface area contributed by atoms with Gasteiger partial charge in [-0.1, -0.05) is 6.92 Å². The molecule has 0 radical (unpaired) electrons. The first-order valence-electron chi connectivity index (χ1n) is 6.51. The molecule has 0 bridgehead atoms. The third-order valence-electron chi connectivity index (χ3n) is 3.31. The molecule has 1 fully saturated rings. The lowest BCUT2D eigenvalue weighted by Crippen LogP contribution is -2.32. The van der Waals surface area contributed by atoms with Crippen molar-refractivity contribution in [1.82, 2.24) is 4.98 Å². The minimum atomic E-state index is -0.303. The number of anilines is 1. The standard InChI is InChI=1S/C13H20N2O2S/c1-4-17-12(16)11-10(3)18-13(14-11)15-7-5-9(2)6-8-15/h9H,4-8H2,1-3H3. The highest BCUT2D eigenvalue weighted by molar-refractivity contribution is 7.15. The van der Waals surface area contributed by atoms with E-state index in [1.54, 1.807) is 11.3 Å². The quantitative estimate of drug-likeness (QED) is 0.791. The predicted molar refractivity (Wildman–Crippen MR) is 73.4 cm³/mol. The molecular weight excluding hydrogens is 248 g/mol. The maximum Gasteiger partial charge on any atom is 0.358 e. The highest BCUT2D eigenvalue weighted by Gasteiger charge is 2.22.